The summed E-state index contributed by atoms with van der Waals surface area (Å²) in [6.45, 7) is 11.6. The molecule has 98 valence electrons. The maximum Gasteiger partial charge on any atom is 0.264 e. The van der Waals surface area contributed by atoms with Crippen LogP contribution in [-0.2, 0) is 18.7 Å². The molecule has 0 aliphatic carbocycles. The van der Waals surface area contributed by atoms with Crippen LogP contribution in [0.15, 0.2) is 0 Å². The zero-order valence-electron chi connectivity index (χ0n) is 11.2. The molecule has 0 N–H and O–H groups in total. The van der Waals surface area contributed by atoms with E-state index in [0.29, 0.717) is 13.0 Å². The van der Waals surface area contributed by atoms with E-state index in [9.17, 15) is 8.42 Å². The van der Waals surface area contributed by atoms with E-state index in [-0.39, 0.29) is 11.6 Å². The van der Waals surface area contributed by atoms with Crippen molar-refractivity contribution in [1.82, 2.24) is 0 Å². The molecule has 4 nitrogen and oxygen atoms in total. The van der Waals surface area contributed by atoms with Gasteiger partial charge in [0, 0.05) is 6.61 Å². The van der Waals surface area contributed by atoms with Crippen molar-refractivity contribution in [1.29, 1.82) is 0 Å². The molecule has 0 saturated carbocycles. The van der Waals surface area contributed by atoms with Gasteiger partial charge in [-0.1, -0.05) is 20.8 Å². The Balaban J connectivity index is 3.84. The first-order valence-electron chi connectivity index (χ1n) is 5.44. The Labute approximate surface area is 101 Å². The Kier molecular flexibility index (Phi) is 5.65. The van der Waals surface area contributed by atoms with Crippen LogP contribution in [0.2, 0.25) is 18.1 Å². The summed E-state index contributed by atoms with van der Waals surface area (Å²) < 4.78 is 31.9. The molecule has 0 radical (unpaired) electrons. The largest absolute Gasteiger partial charge is 0.417 e. The van der Waals surface area contributed by atoms with Crippen LogP contribution in [0.5, 0.6) is 0 Å². The summed E-state index contributed by atoms with van der Waals surface area (Å²) in [4.78, 5) is 0. The summed E-state index contributed by atoms with van der Waals surface area (Å²) in [5.41, 5.74) is 0. The molecular formula is C10H24O4SSi. The van der Waals surface area contributed by atoms with Gasteiger partial charge in [0.2, 0.25) is 0 Å². The number of hydrogen-bond acceptors (Lipinski definition) is 4. The van der Waals surface area contributed by atoms with Crippen molar-refractivity contribution in [2.45, 2.75) is 45.3 Å². The molecule has 0 rings (SSSR count). The number of hydrogen-bond donors (Lipinski definition) is 0. The lowest BCUT2D eigenvalue weighted by Crippen LogP contribution is -2.41. The summed E-state index contributed by atoms with van der Waals surface area (Å²) in [5.74, 6) is 0. The first kappa shape index (κ1) is 16.1. The van der Waals surface area contributed by atoms with Gasteiger partial charge in [-0.15, -0.1) is 0 Å². The van der Waals surface area contributed by atoms with Gasteiger partial charge in [0.15, 0.2) is 8.32 Å². The Hall–Kier alpha value is 0.0869. The molecule has 0 heterocycles. The molecule has 16 heavy (non-hydrogen) atoms. The second kappa shape index (κ2) is 5.62. The van der Waals surface area contributed by atoms with Gasteiger partial charge in [0.25, 0.3) is 10.1 Å². The molecule has 0 spiro atoms. The van der Waals surface area contributed by atoms with Crippen LogP contribution < -0.4 is 0 Å². The van der Waals surface area contributed by atoms with Crippen molar-refractivity contribution in [3.05, 3.63) is 0 Å². The average Bonchev–Trinajstić information content (AvgIpc) is 1.98. The molecule has 0 saturated heterocycles. The third-order valence-corrected chi connectivity index (χ3v) is 7.99. The predicted octanol–water partition coefficient (Wildman–Crippen LogP) is 2.37. The zero-order valence-corrected chi connectivity index (χ0v) is 13.0. The summed E-state index contributed by atoms with van der Waals surface area (Å²) in [7, 11) is -5.02. The van der Waals surface area contributed by atoms with Crippen molar-refractivity contribution in [3.8, 4) is 0 Å². The minimum Gasteiger partial charge on any atom is -0.417 e. The minimum absolute atomic E-state index is 0.185. The van der Waals surface area contributed by atoms with Crippen molar-refractivity contribution in [2.24, 2.45) is 0 Å². The van der Waals surface area contributed by atoms with Gasteiger partial charge in [0.05, 0.1) is 12.9 Å². The lowest BCUT2D eigenvalue weighted by atomic mass is 10.2. The minimum atomic E-state index is -3.31. The molecule has 0 aliphatic heterocycles. The van der Waals surface area contributed by atoms with Gasteiger partial charge in [-0.05, 0) is 24.6 Å². The van der Waals surface area contributed by atoms with E-state index < -0.39 is 18.4 Å². The summed E-state index contributed by atoms with van der Waals surface area (Å²) >= 11 is 0. The van der Waals surface area contributed by atoms with Crippen LogP contribution in [-0.4, -0.2) is 36.2 Å². The normalized spacial score (nSPS) is 14.1. The SMILES string of the molecule is CC(C)(C)[Si](C)(C)OCCCOS(C)(=O)=O. The molecule has 0 aromatic carbocycles. The molecule has 0 fully saturated rings. The van der Waals surface area contributed by atoms with E-state index in [4.69, 9.17) is 4.43 Å². The van der Waals surface area contributed by atoms with Crippen molar-refractivity contribution in [2.75, 3.05) is 19.5 Å². The fourth-order valence-electron chi connectivity index (χ4n) is 0.813. The van der Waals surface area contributed by atoms with Gasteiger partial charge >= 0.3 is 0 Å². The van der Waals surface area contributed by atoms with E-state index in [2.05, 4.69) is 38.0 Å². The average molecular weight is 268 g/mol. The molecule has 0 atom stereocenters. The molecule has 0 aromatic heterocycles. The molecule has 0 bridgehead atoms. The topological polar surface area (TPSA) is 52.6 Å². The van der Waals surface area contributed by atoms with Gasteiger partial charge < -0.3 is 4.43 Å². The molecular weight excluding hydrogens is 244 g/mol. The summed E-state index contributed by atoms with van der Waals surface area (Å²) in [5, 5.41) is 0.185. The van der Waals surface area contributed by atoms with Crippen molar-refractivity contribution >= 4 is 18.4 Å². The highest BCUT2D eigenvalue weighted by Gasteiger charge is 2.36. The van der Waals surface area contributed by atoms with Crippen LogP contribution in [0.25, 0.3) is 0 Å². The Morgan fingerprint density at radius 2 is 1.62 bits per heavy atom. The highest BCUT2D eigenvalue weighted by molar-refractivity contribution is 7.85. The third kappa shape index (κ3) is 6.62. The third-order valence-electron chi connectivity index (χ3n) is 2.86. The van der Waals surface area contributed by atoms with Crippen LogP contribution in [0.1, 0.15) is 27.2 Å². The van der Waals surface area contributed by atoms with Crippen molar-refractivity contribution < 1.29 is 17.0 Å². The van der Waals surface area contributed by atoms with Gasteiger partial charge in [-0.2, -0.15) is 8.42 Å². The summed E-state index contributed by atoms with van der Waals surface area (Å²) in [6, 6.07) is 0. The zero-order chi connectivity index (χ0) is 13.0. The molecule has 0 amide bonds. The van der Waals surface area contributed by atoms with E-state index in [0.717, 1.165) is 6.26 Å². The van der Waals surface area contributed by atoms with Crippen LogP contribution >= 0.6 is 0 Å². The van der Waals surface area contributed by atoms with E-state index in [1.165, 1.54) is 0 Å². The van der Waals surface area contributed by atoms with E-state index >= 15 is 0 Å². The van der Waals surface area contributed by atoms with Crippen LogP contribution in [0.3, 0.4) is 0 Å². The van der Waals surface area contributed by atoms with Crippen LogP contribution in [0, 0.1) is 0 Å². The molecule has 0 unspecified atom stereocenters. The monoisotopic (exact) mass is 268 g/mol. The smallest absolute Gasteiger partial charge is 0.264 e. The van der Waals surface area contributed by atoms with E-state index in [1.54, 1.807) is 0 Å². The Morgan fingerprint density at radius 1 is 1.12 bits per heavy atom. The second-order valence-corrected chi connectivity index (χ2v) is 11.9. The highest BCUT2D eigenvalue weighted by atomic mass is 32.2. The summed E-state index contributed by atoms with van der Waals surface area (Å²) in [6.07, 6.45) is 1.67. The second-order valence-electron chi connectivity index (χ2n) is 5.49. The van der Waals surface area contributed by atoms with Gasteiger partial charge in [-0.25, -0.2) is 0 Å². The Morgan fingerprint density at radius 3 is 2.00 bits per heavy atom. The predicted molar refractivity (Wildman–Crippen MR) is 68.6 cm³/mol. The molecule has 0 aliphatic rings. The van der Waals surface area contributed by atoms with Crippen LogP contribution in [0.4, 0.5) is 0 Å². The lowest BCUT2D eigenvalue weighted by Gasteiger charge is -2.36. The first-order valence-corrected chi connectivity index (χ1v) is 10.2. The molecule has 6 heteroatoms. The first-order chi connectivity index (χ1) is 6.96. The lowest BCUT2D eigenvalue weighted by molar-refractivity contribution is 0.237. The quantitative estimate of drug-likeness (QED) is 0.421. The Bertz CT molecular complexity index is 303. The fraction of sp³-hybridized carbons (Fsp3) is 1.00. The maximum atomic E-state index is 10.7. The van der Waals surface area contributed by atoms with E-state index in [1.807, 2.05) is 0 Å². The van der Waals surface area contributed by atoms with Crippen molar-refractivity contribution in [3.63, 3.8) is 0 Å². The standard InChI is InChI=1S/C10H24O4SSi/c1-10(2,3)16(5,6)14-9-7-8-13-15(4,11)12/h7-9H2,1-6H3. The fourth-order valence-corrected chi connectivity index (χ4v) is 2.32. The molecule has 0 aromatic rings. The highest BCUT2D eigenvalue weighted by Crippen LogP contribution is 2.36. The van der Waals surface area contributed by atoms with Gasteiger partial charge in [0.1, 0.15) is 0 Å². The maximum absolute atomic E-state index is 10.7. The number of rotatable bonds is 6. The van der Waals surface area contributed by atoms with Gasteiger partial charge in [-0.3, -0.25) is 4.18 Å².